The van der Waals surface area contributed by atoms with E-state index in [1.165, 1.54) is 4.90 Å². The Morgan fingerprint density at radius 1 is 0.868 bits per heavy atom. The van der Waals surface area contributed by atoms with Gasteiger partial charge >= 0.3 is 5.97 Å². The van der Waals surface area contributed by atoms with Crippen LogP contribution in [0.2, 0.25) is 0 Å². The Morgan fingerprint density at radius 2 is 1.63 bits per heavy atom. The number of anilines is 2. The molecule has 38 heavy (non-hydrogen) atoms. The minimum atomic E-state index is -0.595. The van der Waals surface area contributed by atoms with Crippen molar-refractivity contribution in [3.8, 4) is 5.75 Å². The minimum absolute atomic E-state index is 0.0755. The number of rotatable bonds is 4. The van der Waals surface area contributed by atoms with Crippen molar-refractivity contribution in [2.75, 3.05) is 16.3 Å². The van der Waals surface area contributed by atoms with Gasteiger partial charge < -0.3 is 9.64 Å². The normalized spacial score (nSPS) is 23.2. The third-order valence-electron chi connectivity index (χ3n) is 7.97. The van der Waals surface area contributed by atoms with Crippen molar-refractivity contribution in [2.24, 2.45) is 17.8 Å². The SMILES string of the molecule is CC1=CC[C@@H]2C(=O)N(c3ccc(OC(=O)[C@H]4CC(=O)N(c5cccc6ccccc56)C4)cc3C)C(=O)[C@H]2C1. The standard InChI is InChI=1S/C31H28N2O5/c1-18-10-12-24-25(14-18)30(36)33(29(24)35)26-13-11-22(15-19(26)2)38-31(37)21-16-28(34)32(17-21)27-9-5-7-20-6-3-4-8-23(20)27/h3-11,13,15,21,24-25H,12,14,16-17H2,1-2H3/t21-,24-,25-/m0/s1. The summed E-state index contributed by atoms with van der Waals surface area (Å²) in [6.45, 7) is 4.03. The average molecular weight is 509 g/mol. The number of aryl methyl sites for hydroxylation is 1. The van der Waals surface area contributed by atoms with Gasteiger partial charge in [0.05, 0.1) is 29.1 Å². The van der Waals surface area contributed by atoms with Gasteiger partial charge in [0.15, 0.2) is 0 Å². The van der Waals surface area contributed by atoms with Crippen LogP contribution in [0.1, 0.15) is 31.7 Å². The van der Waals surface area contributed by atoms with E-state index < -0.39 is 11.9 Å². The van der Waals surface area contributed by atoms with Crippen LogP contribution < -0.4 is 14.5 Å². The second kappa shape index (κ2) is 9.24. The quantitative estimate of drug-likeness (QED) is 0.215. The molecule has 6 rings (SSSR count). The molecular formula is C31H28N2O5. The Morgan fingerprint density at radius 3 is 2.45 bits per heavy atom. The summed E-state index contributed by atoms with van der Waals surface area (Å²) >= 11 is 0. The molecule has 3 aromatic rings. The summed E-state index contributed by atoms with van der Waals surface area (Å²) in [6, 6.07) is 18.6. The topological polar surface area (TPSA) is 84.0 Å². The van der Waals surface area contributed by atoms with Gasteiger partial charge in [0.25, 0.3) is 0 Å². The molecule has 2 saturated heterocycles. The molecule has 7 heteroatoms. The van der Waals surface area contributed by atoms with Crippen LogP contribution in [0, 0.1) is 24.7 Å². The molecule has 0 N–H and O–H groups in total. The third kappa shape index (κ3) is 3.99. The van der Waals surface area contributed by atoms with Gasteiger partial charge in [-0.15, -0.1) is 0 Å². The van der Waals surface area contributed by atoms with Gasteiger partial charge in [-0.1, -0.05) is 48.0 Å². The number of hydrogen-bond donors (Lipinski definition) is 0. The molecule has 0 radical (unpaired) electrons. The Balaban J connectivity index is 1.17. The second-order valence-corrected chi connectivity index (χ2v) is 10.5. The van der Waals surface area contributed by atoms with Crippen molar-refractivity contribution in [2.45, 2.75) is 33.1 Å². The molecule has 1 aliphatic carbocycles. The first-order chi connectivity index (χ1) is 18.3. The van der Waals surface area contributed by atoms with Gasteiger partial charge in [-0.2, -0.15) is 0 Å². The number of ether oxygens (including phenoxy) is 1. The zero-order valence-corrected chi connectivity index (χ0v) is 21.3. The van der Waals surface area contributed by atoms with Crippen molar-refractivity contribution >= 4 is 45.8 Å². The first-order valence-electron chi connectivity index (χ1n) is 13.0. The molecular weight excluding hydrogens is 480 g/mol. The maximum atomic E-state index is 13.1. The first kappa shape index (κ1) is 24.1. The summed E-state index contributed by atoms with van der Waals surface area (Å²) < 4.78 is 5.66. The number of allylic oxidation sites excluding steroid dienone is 2. The maximum absolute atomic E-state index is 13.1. The lowest BCUT2D eigenvalue weighted by Crippen LogP contribution is -2.31. The molecule has 2 fully saturated rings. The molecule has 0 unspecified atom stereocenters. The number of imide groups is 1. The lowest BCUT2D eigenvalue weighted by atomic mass is 9.82. The predicted octanol–water partition coefficient (Wildman–Crippen LogP) is 4.95. The van der Waals surface area contributed by atoms with Crippen LogP contribution in [0.4, 0.5) is 11.4 Å². The second-order valence-electron chi connectivity index (χ2n) is 10.5. The van der Waals surface area contributed by atoms with Crippen LogP contribution in [-0.4, -0.2) is 30.2 Å². The number of benzene rings is 3. The molecule has 0 spiro atoms. The number of carbonyl (C=O) groups is 4. The fourth-order valence-electron chi connectivity index (χ4n) is 5.96. The van der Waals surface area contributed by atoms with Gasteiger partial charge in [0, 0.05) is 18.4 Å². The Kier molecular flexibility index (Phi) is 5.86. The summed E-state index contributed by atoms with van der Waals surface area (Å²) in [6.07, 6.45) is 3.31. The molecule has 3 aliphatic rings. The van der Waals surface area contributed by atoms with E-state index >= 15 is 0 Å². The fraction of sp³-hybridized carbons (Fsp3) is 0.290. The van der Waals surface area contributed by atoms with E-state index in [9.17, 15) is 19.2 Å². The van der Waals surface area contributed by atoms with Gasteiger partial charge in [-0.3, -0.25) is 19.2 Å². The number of amides is 3. The Hall–Kier alpha value is -4.26. The zero-order valence-electron chi connectivity index (χ0n) is 21.3. The van der Waals surface area contributed by atoms with Crippen LogP contribution in [-0.2, 0) is 19.2 Å². The molecule has 7 nitrogen and oxygen atoms in total. The summed E-state index contributed by atoms with van der Waals surface area (Å²) in [7, 11) is 0. The lowest BCUT2D eigenvalue weighted by Gasteiger charge is -2.19. The molecule has 3 amide bonds. The van der Waals surface area contributed by atoms with Gasteiger partial charge in [-0.25, -0.2) is 4.90 Å². The smallest absolute Gasteiger partial charge is 0.316 e. The predicted molar refractivity (Wildman–Crippen MR) is 144 cm³/mol. The number of fused-ring (bicyclic) bond motifs is 2. The van der Waals surface area contributed by atoms with E-state index in [4.69, 9.17) is 4.74 Å². The fourth-order valence-corrected chi connectivity index (χ4v) is 5.96. The average Bonchev–Trinajstić information content (AvgIpc) is 3.41. The highest BCUT2D eigenvalue weighted by Gasteiger charge is 2.49. The van der Waals surface area contributed by atoms with Crippen molar-refractivity contribution < 1.29 is 23.9 Å². The Bertz CT molecular complexity index is 1540. The van der Waals surface area contributed by atoms with E-state index in [2.05, 4.69) is 0 Å². The van der Waals surface area contributed by atoms with Crippen LogP contribution >= 0.6 is 0 Å². The van der Waals surface area contributed by atoms with Crippen LogP contribution in [0.5, 0.6) is 5.75 Å². The summed E-state index contributed by atoms with van der Waals surface area (Å²) in [5.41, 5.74) is 3.11. The third-order valence-corrected chi connectivity index (χ3v) is 7.97. The minimum Gasteiger partial charge on any atom is -0.426 e. The van der Waals surface area contributed by atoms with Crippen molar-refractivity contribution in [1.82, 2.24) is 0 Å². The molecule has 2 aliphatic heterocycles. The molecule has 0 bridgehead atoms. The first-order valence-corrected chi connectivity index (χ1v) is 13.0. The van der Waals surface area contributed by atoms with Gasteiger partial charge in [-0.05, 0) is 61.9 Å². The number of carbonyl (C=O) groups excluding carboxylic acids is 4. The van der Waals surface area contributed by atoms with E-state index in [1.807, 2.05) is 55.5 Å². The highest BCUT2D eigenvalue weighted by Crippen LogP contribution is 2.41. The van der Waals surface area contributed by atoms with Gasteiger partial charge in [0.2, 0.25) is 17.7 Å². The van der Waals surface area contributed by atoms with Crippen LogP contribution in [0.25, 0.3) is 10.8 Å². The molecule has 3 aromatic carbocycles. The van der Waals surface area contributed by atoms with Crippen molar-refractivity contribution in [3.05, 3.63) is 77.9 Å². The zero-order chi connectivity index (χ0) is 26.6. The number of nitrogens with zero attached hydrogens (tertiary/aromatic N) is 2. The van der Waals surface area contributed by atoms with Crippen LogP contribution in [0.15, 0.2) is 72.3 Å². The van der Waals surface area contributed by atoms with E-state index in [0.29, 0.717) is 29.8 Å². The van der Waals surface area contributed by atoms with Gasteiger partial charge in [0.1, 0.15) is 5.75 Å². The summed E-state index contributed by atoms with van der Waals surface area (Å²) in [5, 5.41) is 1.99. The van der Waals surface area contributed by atoms with Crippen molar-refractivity contribution in [1.29, 1.82) is 0 Å². The molecule has 0 saturated carbocycles. The largest absolute Gasteiger partial charge is 0.426 e. The summed E-state index contributed by atoms with van der Waals surface area (Å²) in [5.74, 6) is -1.83. The number of esters is 1. The van der Waals surface area contributed by atoms with E-state index in [0.717, 1.165) is 22.0 Å². The van der Waals surface area contributed by atoms with E-state index in [-0.39, 0.29) is 42.5 Å². The summed E-state index contributed by atoms with van der Waals surface area (Å²) in [4.78, 5) is 55.0. The van der Waals surface area contributed by atoms with Crippen LogP contribution in [0.3, 0.4) is 0 Å². The van der Waals surface area contributed by atoms with Crippen molar-refractivity contribution in [3.63, 3.8) is 0 Å². The molecule has 0 aromatic heterocycles. The molecule has 192 valence electrons. The lowest BCUT2D eigenvalue weighted by molar-refractivity contribution is -0.139. The number of hydrogen-bond acceptors (Lipinski definition) is 5. The molecule has 2 heterocycles. The van der Waals surface area contributed by atoms with E-state index in [1.54, 1.807) is 30.0 Å². The monoisotopic (exact) mass is 508 g/mol. The highest BCUT2D eigenvalue weighted by molar-refractivity contribution is 6.22. The highest BCUT2D eigenvalue weighted by atomic mass is 16.5. The molecule has 3 atom stereocenters. The Labute approximate surface area is 220 Å². The maximum Gasteiger partial charge on any atom is 0.316 e.